The molecule has 1 amide bonds. The Morgan fingerprint density at radius 3 is 2.68 bits per heavy atom. The van der Waals surface area contributed by atoms with Crippen molar-refractivity contribution in [2.24, 2.45) is 5.92 Å². The first-order valence-corrected chi connectivity index (χ1v) is 13.6. The van der Waals surface area contributed by atoms with E-state index >= 15 is 0 Å². The van der Waals surface area contributed by atoms with Gasteiger partial charge >= 0.3 is 0 Å². The van der Waals surface area contributed by atoms with E-state index in [2.05, 4.69) is 39.8 Å². The number of aromatic nitrogens is 2. The molecule has 0 radical (unpaired) electrons. The summed E-state index contributed by atoms with van der Waals surface area (Å²) in [6.07, 6.45) is 2.62. The molecule has 8 nitrogen and oxygen atoms in total. The lowest BCUT2D eigenvalue weighted by molar-refractivity contribution is -0.122. The van der Waals surface area contributed by atoms with Gasteiger partial charge in [-0.25, -0.2) is 9.37 Å². The summed E-state index contributed by atoms with van der Waals surface area (Å²) in [7, 11) is 1.62. The molecule has 3 aromatic rings. The molecule has 38 heavy (non-hydrogen) atoms. The molecule has 4 rings (SSSR count). The van der Waals surface area contributed by atoms with Crippen LogP contribution in [0.2, 0.25) is 0 Å². The molecule has 0 bridgehead atoms. The van der Waals surface area contributed by atoms with E-state index in [1.165, 1.54) is 23.9 Å². The van der Waals surface area contributed by atoms with Crippen molar-refractivity contribution in [2.45, 2.75) is 55.2 Å². The second kappa shape index (κ2) is 13.4. The van der Waals surface area contributed by atoms with Gasteiger partial charge in [-0.1, -0.05) is 31.7 Å². The van der Waals surface area contributed by atoms with E-state index < -0.39 is 6.04 Å². The van der Waals surface area contributed by atoms with E-state index in [1.54, 1.807) is 25.3 Å². The molecule has 0 saturated carbocycles. The maximum absolute atomic E-state index is 13.8. The van der Waals surface area contributed by atoms with Gasteiger partial charge in [0.25, 0.3) is 0 Å². The molecule has 1 fully saturated rings. The Hall–Kier alpha value is -3.37. The van der Waals surface area contributed by atoms with Gasteiger partial charge in [0.1, 0.15) is 28.5 Å². The SMILES string of the molecule is COc1ccc(Sc2cc(Nc3cccc(F)c3)nc(N[C@@H](CC(C)C)C(=O)NCC3CCCO3)n2)cc1. The van der Waals surface area contributed by atoms with Gasteiger partial charge in [-0.2, -0.15) is 4.98 Å². The highest BCUT2D eigenvalue weighted by Gasteiger charge is 2.23. The third-order valence-corrected chi connectivity index (χ3v) is 6.86. The largest absolute Gasteiger partial charge is 0.497 e. The molecule has 2 heterocycles. The highest BCUT2D eigenvalue weighted by atomic mass is 32.2. The number of halogens is 1. The summed E-state index contributed by atoms with van der Waals surface area (Å²) in [5.74, 6) is 1.34. The van der Waals surface area contributed by atoms with Crippen molar-refractivity contribution < 1.29 is 18.7 Å². The van der Waals surface area contributed by atoms with Gasteiger partial charge in [0, 0.05) is 29.8 Å². The van der Waals surface area contributed by atoms with Crippen LogP contribution in [0.15, 0.2) is 64.5 Å². The van der Waals surface area contributed by atoms with Crippen molar-refractivity contribution in [1.82, 2.24) is 15.3 Å². The third-order valence-electron chi connectivity index (χ3n) is 5.94. The van der Waals surface area contributed by atoms with Gasteiger partial charge in [0.05, 0.1) is 13.2 Å². The Balaban J connectivity index is 1.57. The second-order valence-corrected chi connectivity index (χ2v) is 10.6. The van der Waals surface area contributed by atoms with E-state index in [0.29, 0.717) is 35.4 Å². The molecule has 1 aromatic heterocycles. The van der Waals surface area contributed by atoms with E-state index in [1.807, 2.05) is 24.3 Å². The summed E-state index contributed by atoms with van der Waals surface area (Å²) < 4.78 is 24.7. The zero-order valence-corrected chi connectivity index (χ0v) is 22.7. The van der Waals surface area contributed by atoms with E-state index in [-0.39, 0.29) is 23.7 Å². The third kappa shape index (κ3) is 8.32. The van der Waals surface area contributed by atoms with Crippen LogP contribution in [-0.2, 0) is 9.53 Å². The van der Waals surface area contributed by atoms with Crippen LogP contribution in [0.4, 0.5) is 21.8 Å². The fourth-order valence-corrected chi connectivity index (χ4v) is 4.90. The summed E-state index contributed by atoms with van der Waals surface area (Å²) in [6, 6.07) is 15.1. The summed E-state index contributed by atoms with van der Waals surface area (Å²) in [6.45, 7) is 5.35. The Morgan fingerprint density at radius 2 is 2.00 bits per heavy atom. The van der Waals surface area contributed by atoms with Crippen LogP contribution < -0.4 is 20.7 Å². The fraction of sp³-hybridized carbons (Fsp3) is 0.393. The first-order chi connectivity index (χ1) is 18.4. The van der Waals surface area contributed by atoms with Gasteiger partial charge in [-0.05, 0) is 67.6 Å². The zero-order chi connectivity index (χ0) is 26.9. The minimum absolute atomic E-state index is 0.0567. The van der Waals surface area contributed by atoms with Crippen molar-refractivity contribution in [1.29, 1.82) is 0 Å². The molecule has 1 aliphatic heterocycles. The van der Waals surface area contributed by atoms with Crippen molar-refractivity contribution in [3.05, 3.63) is 60.4 Å². The average molecular weight is 540 g/mol. The average Bonchev–Trinajstić information content (AvgIpc) is 3.41. The number of rotatable bonds is 12. The minimum atomic E-state index is -0.528. The van der Waals surface area contributed by atoms with Crippen LogP contribution in [-0.4, -0.2) is 48.3 Å². The molecule has 0 spiro atoms. The fourth-order valence-electron chi connectivity index (χ4n) is 4.09. The smallest absolute Gasteiger partial charge is 0.242 e. The zero-order valence-electron chi connectivity index (χ0n) is 21.9. The Morgan fingerprint density at radius 1 is 1.18 bits per heavy atom. The molecule has 202 valence electrons. The Bertz CT molecular complexity index is 1210. The predicted octanol–water partition coefficient (Wildman–Crippen LogP) is 5.64. The van der Waals surface area contributed by atoms with Crippen LogP contribution in [0.5, 0.6) is 5.75 Å². The molecule has 3 N–H and O–H groups in total. The summed E-state index contributed by atoms with van der Waals surface area (Å²) >= 11 is 1.45. The molecule has 2 atom stereocenters. The minimum Gasteiger partial charge on any atom is -0.497 e. The van der Waals surface area contributed by atoms with Gasteiger partial charge in [0.2, 0.25) is 11.9 Å². The van der Waals surface area contributed by atoms with E-state index in [9.17, 15) is 9.18 Å². The Labute approximate surface area is 227 Å². The number of hydrogen-bond acceptors (Lipinski definition) is 8. The normalized spacial score (nSPS) is 15.8. The number of benzene rings is 2. The van der Waals surface area contributed by atoms with Crippen LogP contribution in [0, 0.1) is 11.7 Å². The van der Waals surface area contributed by atoms with Gasteiger partial charge < -0.3 is 25.4 Å². The number of anilines is 3. The van der Waals surface area contributed by atoms with Gasteiger partial charge in [0.15, 0.2) is 0 Å². The van der Waals surface area contributed by atoms with E-state index in [4.69, 9.17) is 9.47 Å². The van der Waals surface area contributed by atoms with Crippen LogP contribution in [0.1, 0.15) is 33.1 Å². The first-order valence-electron chi connectivity index (χ1n) is 12.8. The van der Waals surface area contributed by atoms with Crippen molar-refractivity contribution in [2.75, 3.05) is 30.9 Å². The van der Waals surface area contributed by atoms with Crippen molar-refractivity contribution >= 4 is 35.1 Å². The van der Waals surface area contributed by atoms with E-state index in [0.717, 1.165) is 30.1 Å². The molecule has 2 aromatic carbocycles. The number of carbonyl (C=O) groups is 1. The second-order valence-electron chi connectivity index (χ2n) is 9.53. The summed E-state index contributed by atoms with van der Waals surface area (Å²) in [5, 5.41) is 10.1. The number of ether oxygens (including phenoxy) is 2. The standard InChI is InChI=1S/C28H34FN5O3S/c1-18(2)14-24(27(35)30-17-22-8-5-13-37-22)32-28-33-25(31-20-7-4-6-19(29)15-20)16-26(34-28)38-23-11-9-21(36-3)10-12-23/h4,6-7,9-12,15-16,18,22,24H,5,8,13-14,17H2,1-3H3,(H,30,35)(H2,31,32,33,34)/t22?,24-/m0/s1. The number of amides is 1. The Kier molecular flexibility index (Phi) is 9.78. The molecular formula is C28H34FN5O3S. The lowest BCUT2D eigenvalue weighted by Gasteiger charge is -2.22. The molecule has 0 aliphatic carbocycles. The highest BCUT2D eigenvalue weighted by Crippen LogP contribution is 2.31. The summed E-state index contributed by atoms with van der Waals surface area (Å²) in [5.41, 5.74) is 0.558. The number of hydrogen-bond donors (Lipinski definition) is 3. The monoisotopic (exact) mass is 539 g/mol. The first kappa shape index (κ1) is 27.7. The maximum atomic E-state index is 13.8. The van der Waals surface area contributed by atoms with Crippen molar-refractivity contribution in [3.8, 4) is 5.75 Å². The summed E-state index contributed by atoms with van der Waals surface area (Å²) in [4.78, 5) is 23.4. The number of nitrogens with zero attached hydrogens (tertiary/aromatic N) is 2. The van der Waals surface area contributed by atoms with Crippen molar-refractivity contribution in [3.63, 3.8) is 0 Å². The highest BCUT2D eigenvalue weighted by molar-refractivity contribution is 7.99. The number of methoxy groups -OCH3 is 1. The molecule has 10 heteroatoms. The number of carbonyl (C=O) groups excluding carboxylic acids is 1. The lowest BCUT2D eigenvalue weighted by atomic mass is 10.0. The molecule has 1 aliphatic rings. The quantitative estimate of drug-likeness (QED) is 0.255. The van der Waals surface area contributed by atoms with Crippen LogP contribution in [0.25, 0.3) is 0 Å². The molecule has 1 saturated heterocycles. The lowest BCUT2D eigenvalue weighted by Crippen LogP contribution is -2.43. The molecular weight excluding hydrogens is 505 g/mol. The van der Waals surface area contributed by atoms with Crippen LogP contribution >= 0.6 is 11.8 Å². The number of nitrogens with one attached hydrogen (secondary N) is 3. The topological polar surface area (TPSA) is 97.4 Å². The maximum Gasteiger partial charge on any atom is 0.242 e. The van der Waals surface area contributed by atoms with Gasteiger partial charge in [-0.3, -0.25) is 4.79 Å². The molecule has 1 unspecified atom stereocenters. The predicted molar refractivity (Wildman–Crippen MR) is 148 cm³/mol. The van der Waals surface area contributed by atoms with Gasteiger partial charge in [-0.15, -0.1) is 0 Å². The van der Waals surface area contributed by atoms with Crippen LogP contribution in [0.3, 0.4) is 0 Å².